The summed E-state index contributed by atoms with van der Waals surface area (Å²) in [4.78, 5) is 16.0. The lowest BCUT2D eigenvalue weighted by molar-refractivity contribution is -0.139. The summed E-state index contributed by atoms with van der Waals surface area (Å²) < 4.78 is 29.1. The predicted octanol–water partition coefficient (Wildman–Crippen LogP) is 6.05. The van der Waals surface area contributed by atoms with Gasteiger partial charge >= 0.3 is 5.97 Å². The topological polar surface area (TPSA) is 100 Å². The normalized spacial score (nSPS) is 14.5. The van der Waals surface area contributed by atoms with E-state index in [2.05, 4.69) is 18.8 Å². The number of carboxylic acids is 1. The van der Waals surface area contributed by atoms with Crippen molar-refractivity contribution in [2.75, 3.05) is 26.9 Å². The van der Waals surface area contributed by atoms with Crippen molar-refractivity contribution in [3.05, 3.63) is 53.6 Å². The minimum Gasteiger partial charge on any atom is -0.496 e. The molecule has 0 saturated carbocycles. The van der Waals surface area contributed by atoms with Crippen LogP contribution >= 0.6 is 0 Å². The van der Waals surface area contributed by atoms with E-state index < -0.39 is 11.9 Å². The lowest BCUT2D eigenvalue weighted by atomic mass is 9.90. The van der Waals surface area contributed by atoms with Gasteiger partial charge in [-0.05, 0) is 37.5 Å². The van der Waals surface area contributed by atoms with E-state index >= 15 is 0 Å². The third-order valence-corrected chi connectivity index (χ3v) is 6.51. The van der Waals surface area contributed by atoms with Crippen molar-refractivity contribution in [3.63, 3.8) is 0 Å². The molecule has 0 aliphatic carbocycles. The summed E-state index contributed by atoms with van der Waals surface area (Å²) in [5.41, 5.74) is 4.30. The first kappa shape index (κ1) is 26.4. The molecule has 1 aliphatic heterocycles. The minimum atomic E-state index is -0.814. The van der Waals surface area contributed by atoms with Crippen molar-refractivity contribution < 1.29 is 33.3 Å². The Hall–Kier alpha value is -3.68. The summed E-state index contributed by atoms with van der Waals surface area (Å²) >= 11 is 0. The number of aliphatic carboxylic acids is 1. The van der Waals surface area contributed by atoms with E-state index in [0.29, 0.717) is 38.4 Å². The van der Waals surface area contributed by atoms with Crippen molar-refractivity contribution >= 4 is 5.97 Å². The Morgan fingerprint density at radius 1 is 1.05 bits per heavy atom. The summed E-state index contributed by atoms with van der Waals surface area (Å²) in [6.07, 6.45) is 7.60. The Morgan fingerprint density at radius 2 is 1.76 bits per heavy atom. The number of carbonyl (C=O) groups is 1. The summed E-state index contributed by atoms with van der Waals surface area (Å²) in [6.45, 7) is 5.56. The number of oxazole rings is 1. The SMILES string of the molecule is CCCc1c(OCCCOc2ccc3c(c2CCC)OCCC3C(=O)O)ccc(-c2cocn2)c1OC. The molecule has 2 aromatic carbocycles. The van der Waals surface area contributed by atoms with E-state index in [0.717, 1.165) is 70.9 Å². The van der Waals surface area contributed by atoms with Gasteiger partial charge in [0, 0.05) is 28.7 Å². The van der Waals surface area contributed by atoms with Gasteiger partial charge in [-0.15, -0.1) is 0 Å². The van der Waals surface area contributed by atoms with Crippen LogP contribution in [-0.2, 0) is 17.6 Å². The van der Waals surface area contributed by atoms with E-state index in [9.17, 15) is 9.90 Å². The number of benzene rings is 2. The van der Waals surface area contributed by atoms with E-state index in [1.54, 1.807) is 13.4 Å². The van der Waals surface area contributed by atoms with Crippen molar-refractivity contribution in [1.29, 1.82) is 0 Å². The number of hydrogen-bond donors (Lipinski definition) is 1. The molecule has 0 fully saturated rings. The number of hydrogen-bond acceptors (Lipinski definition) is 7. The van der Waals surface area contributed by atoms with Crippen LogP contribution in [0.15, 0.2) is 41.3 Å². The lowest BCUT2D eigenvalue weighted by Gasteiger charge is -2.26. The summed E-state index contributed by atoms with van der Waals surface area (Å²) in [5.74, 6) is 1.62. The van der Waals surface area contributed by atoms with Crippen molar-refractivity contribution in [3.8, 4) is 34.3 Å². The van der Waals surface area contributed by atoms with Crippen molar-refractivity contribution in [1.82, 2.24) is 4.98 Å². The van der Waals surface area contributed by atoms with Crippen LogP contribution in [0.25, 0.3) is 11.3 Å². The Kier molecular flexibility index (Phi) is 8.93. The zero-order valence-electron chi connectivity index (χ0n) is 21.7. The van der Waals surface area contributed by atoms with Crippen LogP contribution in [0.5, 0.6) is 23.0 Å². The van der Waals surface area contributed by atoms with Crippen LogP contribution in [0.2, 0.25) is 0 Å². The number of fused-ring (bicyclic) bond motifs is 1. The molecule has 1 atom stereocenters. The van der Waals surface area contributed by atoms with Gasteiger partial charge in [0.05, 0.1) is 32.8 Å². The monoisotopic (exact) mass is 509 g/mol. The molecule has 0 spiro atoms. The molecular weight excluding hydrogens is 474 g/mol. The molecule has 3 aromatic rings. The molecule has 2 heterocycles. The number of nitrogens with zero attached hydrogens (tertiary/aromatic N) is 1. The molecule has 0 saturated heterocycles. The fourth-order valence-corrected chi connectivity index (χ4v) is 4.82. The largest absolute Gasteiger partial charge is 0.496 e. The highest BCUT2D eigenvalue weighted by molar-refractivity contribution is 5.78. The first-order valence-corrected chi connectivity index (χ1v) is 12.9. The molecule has 37 heavy (non-hydrogen) atoms. The zero-order valence-corrected chi connectivity index (χ0v) is 21.7. The van der Waals surface area contributed by atoms with E-state index in [-0.39, 0.29) is 0 Å². The molecule has 1 aliphatic rings. The molecule has 8 heteroatoms. The van der Waals surface area contributed by atoms with Crippen LogP contribution in [0.3, 0.4) is 0 Å². The maximum absolute atomic E-state index is 11.7. The quantitative estimate of drug-likeness (QED) is 0.278. The highest BCUT2D eigenvalue weighted by Crippen LogP contribution is 2.42. The Labute approximate surface area is 217 Å². The van der Waals surface area contributed by atoms with Crippen LogP contribution in [-0.4, -0.2) is 43.0 Å². The maximum Gasteiger partial charge on any atom is 0.311 e. The number of methoxy groups -OCH3 is 1. The first-order chi connectivity index (χ1) is 18.1. The van der Waals surface area contributed by atoms with Gasteiger partial charge in [0.15, 0.2) is 6.39 Å². The molecular formula is C29H35NO7. The number of ether oxygens (including phenoxy) is 4. The van der Waals surface area contributed by atoms with Crippen LogP contribution in [0, 0.1) is 0 Å². The third kappa shape index (κ3) is 5.84. The molecule has 0 amide bonds. The highest BCUT2D eigenvalue weighted by atomic mass is 16.5. The number of rotatable bonds is 13. The first-order valence-electron chi connectivity index (χ1n) is 12.9. The average molecular weight is 510 g/mol. The van der Waals surface area contributed by atoms with Gasteiger partial charge in [-0.25, -0.2) is 4.98 Å². The molecule has 1 N–H and O–H groups in total. The standard InChI is InChI=1S/C29H35NO7/c1-4-7-22-25(12-10-21(27(22)33-3)24-17-34-18-30-24)35-14-6-15-36-26-11-9-19-20(29(31)32)13-16-37-28(19)23(26)8-5-2/h9-12,17-18,20H,4-8,13-16H2,1-3H3,(H,31,32). The fourth-order valence-electron chi connectivity index (χ4n) is 4.82. The second kappa shape index (κ2) is 12.5. The molecule has 1 aromatic heterocycles. The lowest BCUT2D eigenvalue weighted by Crippen LogP contribution is -2.22. The third-order valence-electron chi connectivity index (χ3n) is 6.51. The van der Waals surface area contributed by atoms with Gasteiger partial charge in [-0.1, -0.05) is 32.8 Å². The van der Waals surface area contributed by atoms with E-state index in [1.165, 1.54) is 6.39 Å². The molecule has 0 radical (unpaired) electrons. The van der Waals surface area contributed by atoms with Crippen molar-refractivity contribution in [2.45, 2.75) is 58.3 Å². The van der Waals surface area contributed by atoms with Gasteiger partial charge in [-0.2, -0.15) is 0 Å². The molecule has 0 bridgehead atoms. The van der Waals surface area contributed by atoms with Crippen LogP contribution in [0.1, 0.15) is 62.1 Å². The van der Waals surface area contributed by atoms with E-state index in [1.807, 2.05) is 24.3 Å². The fraction of sp³-hybridized carbons (Fsp3) is 0.448. The van der Waals surface area contributed by atoms with Gasteiger partial charge in [0.2, 0.25) is 0 Å². The van der Waals surface area contributed by atoms with Gasteiger partial charge in [0.25, 0.3) is 0 Å². The van der Waals surface area contributed by atoms with Gasteiger partial charge in [0.1, 0.15) is 35.0 Å². The molecule has 198 valence electrons. The number of carboxylic acid groups (broad SMARTS) is 1. The van der Waals surface area contributed by atoms with Crippen LogP contribution < -0.4 is 18.9 Å². The minimum absolute atomic E-state index is 0.400. The van der Waals surface area contributed by atoms with Gasteiger partial charge < -0.3 is 28.5 Å². The number of aromatic nitrogens is 1. The Balaban J connectivity index is 1.42. The van der Waals surface area contributed by atoms with Crippen molar-refractivity contribution in [2.24, 2.45) is 0 Å². The summed E-state index contributed by atoms with van der Waals surface area (Å²) in [7, 11) is 1.66. The van der Waals surface area contributed by atoms with Gasteiger partial charge in [-0.3, -0.25) is 4.79 Å². The predicted molar refractivity (Wildman–Crippen MR) is 139 cm³/mol. The average Bonchev–Trinajstić information content (AvgIpc) is 3.44. The summed E-state index contributed by atoms with van der Waals surface area (Å²) in [6, 6.07) is 7.60. The Morgan fingerprint density at radius 3 is 2.41 bits per heavy atom. The molecule has 1 unspecified atom stereocenters. The van der Waals surface area contributed by atoms with E-state index in [4.69, 9.17) is 23.4 Å². The second-order valence-corrected chi connectivity index (χ2v) is 9.04. The zero-order chi connectivity index (χ0) is 26.2. The van der Waals surface area contributed by atoms with Crippen LogP contribution in [0.4, 0.5) is 0 Å². The molecule has 8 nitrogen and oxygen atoms in total. The second-order valence-electron chi connectivity index (χ2n) is 9.04. The molecule has 4 rings (SSSR count). The highest BCUT2D eigenvalue weighted by Gasteiger charge is 2.30. The Bertz CT molecular complexity index is 1190. The smallest absolute Gasteiger partial charge is 0.311 e. The maximum atomic E-state index is 11.7. The summed E-state index contributed by atoms with van der Waals surface area (Å²) in [5, 5.41) is 9.60.